The van der Waals surface area contributed by atoms with Gasteiger partial charge in [-0.05, 0) is 0 Å². The second kappa shape index (κ2) is 2.72. The Morgan fingerprint density at radius 1 is 1.25 bits per heavy atom. The van der Waals surface area contributed by atoms with Crippen molar-refractivity contribution in [1.29, 1.82) is 0 Å². The molecule has 0 spiro atoms. The quantitative estimate of drug-likeness (QED) is 0.627. The van der Waals surface area contributed by atoms with Gasteiger partial charge in [-0.3, -0.25) is 0 Å². The maximum atomic E-state index is 5.08. The van der Waals surface area contributed by atoms with Crippen LogP contribution in [0.15, 0.2) is 0 Å². The Morgan fingerprint density at radius 3 is 1.75 bits per heavy atom. The molecule has 0 aromatic carbocycles. The molecule has 8 heavy (non-hydrogen) atoms. The van der Waals surface area contributed by atoms with Gasteiger partial charge in [-0.25, -0.2) is 0 Å². The fourth-order valence-corrected chi connectivity index (χ4v) is 2.38. The van der Waals surface area contributed by atoms with Crippen molar-refractivity contribution in [2.75, 3.05) is 13.2 Å². The molecule has 1 aliphatic rings. The second-order valence-corrected chi connectivity index (χ2v) is 3.49. The molecule has 0 atom stereocenters. The number of hydrogen-bond acceptors (Lipinski definition) is 1. The first-order valence-electron chi connectivity index (χ1n) is 2.57. The molecule has 1 fully saturated rings. The van der Waals surface area contributed by atoms with Gasteiger partial charge in [-0.2, -0.15) is 0 Å². The van der Waals surface area contributed by atoms with Crippen LogP contribution in [0.4, 0.5) is 0 Å². The third-order valence-corrected chi connectivity index (χ3v) is 4.00. The van der Waals surface area contributed by atoms with Crippen molar-refractivity contribution >= 4 is 32.0 Å². The Bertz CT molecular complexity index is 67.0. The van der Waals surface area contributed by atoms with Crippen LogP contribution in [0, 0.1) is 5.41 Å². The van der Waals surface area contributed by atoms with E-state index in [4.69, 9.17) is 4.74 Å². The predicted molar refractivity (Wildman–Crippen MR) is 34.4 cm³/mol. The monoisotopic (exact) mass is 244 g/mol. The van der Waals surface area contributed by atoms with E-state index in [2.05, 4.69) is 32.0 Å². The Balaban J connectivity index is 2.33. The molecule has 1 rings (SSSR count). The van der Waals surface area contributed by atoms with E-state index in [0.29, 0.717) is 5.41 Å². The van der Waals surface area contributed by atoms with E-state index in [9.17, 15) is 0 Å². The van der Waals surface area contributed by atoms with Crippen molar-refractivity contribution in [2.24, 2.45) is 5.41 Å². The maximum absolute atomic E-state index is 5.08. The molecule has 3 heteroatoms. The van der Waals surface area contributed by atoms with E-state index in [1.807, 2.05) is 0 Å². The number of ether oxygens (including phenoxy) is 1. The first-order chi connectivity index (χ1) is 3.83. The van der Waals surface area contributed by atoms with Gasteiger partial charge in [0.05, 0.1) is 0 Å². The van der Waals surface area contributed by atoms with Crippen LogP contribution in [-0.2, 0) is 4.74 Å². The Labute approximate surface area is 66.2 Å². The predicted octanol–water partition coefficient (Wildman–Crippen LogP) is 0.177. The molecule has 1 heterocycles. The summed E-state index contributed by atoms with van der Waals surface area (Å²) in [5, 5.41) is 2.25. The van der Waals surface area contributed by atoms with Crippen LogP contribution in [0.1, 0.15) is 0 Å². The summed E-state index contributed by atoms with van der Waals surface area (Å²) in [6.07, 6.45) is 0. The molecule has 1 nitrogen and oxygen atoms in total. The average Bonchev–Trinajstić information content (AvgIpc) is 1.67. The van der Waals surface area contributed by atoms with Gasteiger partial charge in [-0.15, -0.1) is 0 Å². The molecule has 1 saturated heterocycles. The minimum absolute atomic E-state index is 0.472. The molecule has 0 amide bonds. The van der Waals surface area contributed by atoms with Crippen molar-refractivity contribution in [3.8, 4) is 0 Å². The van der Waals surface area contributed by atoms with Crippen LogP contribution in [0.5, 0.6) is 0 Å². The summed E-state index contributed by atoms with van der Waals surface area (Å²) in [6.45, 7) is 1.88. The zero-order valence-electron chi connectivity index (χ0n) is 4.55. The van der Waals surface area contributed by atoms with Gasteiger partial charge in [-0.1, -0.05) is 0 Å². The van der Waals surface area contributed by atoms with E-state index >= 15 is 0 Å². The summed E-state index contributed by atoms with van der Waals surface area (Å²) in [4.78, 5) is 0. The molecule has 0 aliphatic carbocycles. The number of rotatable bonds is 2. The first kappa shape index (κ1) is 7.11. The Morgan fingerprint density at radius 2 is 1.75 bits per heavy atom. The SMILES string of the molecule is [Se]CC1(C[Se])COC1. The normalized spacial score (nSPS) is 24.8. The molecule has 0 unspecified atom stereocenters. The molecule has 46 valence electrons. The van der Waals surface area contributed by atoms with Gasteiger partial charge < -0.3 is 0 Å². The summed E-state index contributed by atoms with van der Waals surface area (Å²) in [6, 6.07) is 0. The average molecular weight is 242 g/mol. The topological polar surface area (TPSA) is 9.23 Å². The van der Waals surface area contributed by atoms with Crippen LogP contribution in [-0.4, -0.2) is 45.2 Å². The first-order valence-corrected chi connectivity index (χ1v) is 4.99. The molecule has 0 aromatic rings. The molecule has 0 saturated carbocycles. The summed E-state index contributed by atoms with van der Waals surface area (Å²) < 4.78 is 5.08. The van der Waals surface area contributed by atoms with Crippen LogP contribution in [0.2, 0.25) is 10.6 Å². The molecular formula is C5H8OSe2. The van der Waals surface area contributed by atoms with Crippen molar-refractivity contribution in [3.05, 3.63) is 0 Å². The van der Waals surface area contributed by atoms with Crippen LogP contribution in [0.3, 0.4) is 0 Å². The van der Waals surface area contributed by atoms with Crippen LogP contribution in [0.25, 0.3) is 0 Å². The van der Waals surface area contributed by atoms with E-state index in [1.165, 1.54) is 0 Å². The third kappa shape index (κ3) is 1.12. The Hall–Kier alpha value is 0.999. The standard InChI is InChI=1S/C5H8OSe2/c7-3-5(4-8)1-6-2-5/h1-4H2. The van der Waals surface area contributed by atoms with E-state index < -0.39 is 0 Å². The van der Waals surface area contributed by atoms with E-state index in [-0.39, 0.29) is 0 Å². The molecule has 1 aliphatic heterocycles. The molecule has 0 N–H and O–H groups in total. The fourth-order valence-electron chi connectivity index (χ4n) is 0.599. The van der Waals surface area contributed by atoms with Crippen molar-refractivity contribution < 1.29 is 4.74 Å². The van der Waals surface area contributed by atoms with Crippen molar-refractivity contribution in [3.63, 3.8) is 0 Å². The summed E-state index contributed by atoms with van der Waals surface area (Å²) in [7, 11) is 0. The van der Waals surface area contributed by atoms with Gasteiger partial charge in [0.25, 0.3) is 0 Å². The summed E-state index contributed by atoms with van der Waals surface area (Å²) in [5.74, 6) is 0. The zero-order chi connectivity index (χ0) is 6.04. The summed E-state index contributed by atoms with van der Waals surface area (Å²) >= 11 is 6.07. The second-order valence-electron chi connectivity index (χ2n) is 2.28. The van der Waals surface area contributed by atoms with Crippen molar-refractivity contribution in [2.45, 2.75) is 10.6 Å². The fraction of sp³-hybridized carbons (Fsp3) is 1.00. The molecule has 0 bridgehead atoms. The van der Waals surface area contributed by atoms with Gasteiger partial charge >= 0.3 is 66.0 Å². The van der Waals surface area contributed by atoms with Crippen molar-refractivity contribution in [1.82, 2.24) is 0 Å². The Kier molecular flexibility index (Phi) is 2.42. The van der Waals surface area contributed by atoms with Crippen LogP contribution >= 0.6 is 0 Å². The molecule has 2 radical (unpaired) electrons. The molecular weight excluding hydrogens is 234 g/mol. The summed E-state index contributed by atoms with van der Waals surface area (Å²) in [5.41, 5.74) is 0.472. The van der Waals surface area contributed by atoms with Crippen LogP contribution < -0.4 is 0 Å². The van der Waals surface area contributed by atoms with Gasteiger partial charge in [0, 0.05) is 0 Å². The van der Waals surface area contributed by atoms with E-state index in [1.54, 1.807) is 0 Å². The molecule has 0 aromatic heterocycles. The van der Waals surface area contributed by atoms with Gasteiger partial charge in [0.1, 0.15) is 0 Å². The third-order valence-electron chi connectivity index (χ3n) is 1.43. The minimum atomic E-state index is 0.472. The van der Waals surface area contributed by atoms with Gasteiger partial charge in [0.2, 0.25) is 0 Å². The van der Waals surface area contributed by atoms with E-state index in [0.717, 1.165) is 23.9 Å². The zero-order valence-corrected chi connectivity index (χ0v) is 7.98. The number of hydrogen-bond donors (Lipinski definition) is 0. The van der Waals surface area contributed by atoms with Gasteiger partial charge in [0.15, 0.2) is 0 Å².